The number of nitrogens with zero attached hydrogens (tertiary/aromatic N) is 1. The van der Waals surface area contributed by atoms with E-state index in [2.05, 4.69) is 17.2 Å². The molecule has 0 saturated heterocycles. The molecule has 0 aliphatic rings. The van der Waals surface area contributed by atoms with Gasteiger partial charge in [-0.1, -0.05) is 31.2 Å². The Morgan fingerprint density at radius 2 is 1.79 bits per heavy atom. The highest BCUT2D eigenvalue weighted by molar-refractivity contribution is 7.13. The molecule has 0 aliphatic carbocycles. The minimum atomic E-state index is -0.960. The summed E-state index contributed by atoms with van der Waals surface area (Å²) in [4.78, 5) is 29.0. The van der Waals surface area contributed by atoms with Crippen molar-refractivity contribution in [3.8, 4) is 16.3 Å². The molecule has 2 aromatic carbocycles. The van der Waals surface area contributed by atoms with Crippen molar-refractivity contribution in [1.82, 2.24) is 4.98 Å². The average molecular weight is 410 g/mol. The van der Waals surface area contributed by atoms with Gasteiger partial charge in [-0.25, -0.2) is 9.78 Å². The number of carbonyl (C=O) groups is 2. The van der Waals surface area contributed by atoms with Gasteiger partial charge in [0, 0.05) is 16.6 Å². The van der Waals surface area contributed by atoms with Gasteiger partial charge in [0.1, 0.15) is 10.8 Å². The third kappa shape index (κ3) is 5.20. The first-order valence-corrected chi connectivity index (χ1v) is 10.1. The summed E-state index contributed by atoms with van der Waals surface area (Å²) in [5, 5.41) is 5.07. The molecule has 150 valence electrons. The minimum absolute atomic E-state index is 0.189. The fourth-order valence-corrected chi connectivity index (χ4v) is 3.37. The largest absolute Gasteiger partial charge is 0.497 e. The highest BCUT2D eigenvalue weighted by Gasteiger charge is 2.21. The van der Waals surface area contributed by atoms with E-state index in [1.165, 1.54) is 23.8 Å². The van der Waals surface area contributed by atoms with E-state index in [9.17, 15) is 9.59 Å². The standard InChI is InChI=1S/C22H22N2O4S/c1-4-15-5-7-16(8-6-15)21-24-19(13-29-21)22(26)28-14(2)20(25)23-17-9-11-18(27-3)12-10-17/h5-14H,4H2,1-3H3,(H,23,25)/t14-/m1/s1. The topological polar surface area (TPSA) is 77.5 Å². The Labute approximate surface area is 173 Å². The van der Waals surface area contributed by atoms with Crippen molar-refractivity contribution in [1.29, 1.82) is 0 Å². The number of benzene rings is 2. The lowest BCUT2D eigenvalue weighted by Gasteiger charge is -2.13. The van der Waals surface area contributed by atoms with Crippen LogP contribution in [0.2, 0.25) is 0 Å². The maximum absolute atomic E-state index is 12.4. The molecule has 0 unspecified atom stereocenters. The highest BCUT2D eigenvalue weighted by atomic mass is 32.1. The van der Waals surface area contributed by atoms with Crippen LogP contribution in [0.25, 0.3) is 10.6 Å². The van der Waals surface area contributed by atoms with Gasteiger partial charge in [-0.15, -0.1) is 11.3 Å². The Morgan fingerprint density at radius 3 is 2.41 bits per heavy atom. The number of aryl methyl sites for hydroxylation is 1. The Morgan fingerprint density at radius 1 is 1.10 bits per heavy atom. The number of thiazole rings is 1. The lowest BCUT2D eigenvalue weighted by molar-refractivity contribution is -0.123. The van der Waals surface area contributed by atoms with Crippen molar-refractivity contribution in [2.24, 2.45) is 0 Å². The summed E-state index contributed by atoms with van der Waals surface area (Å²) in [5.41, 5.74) is 2.96. The number of hydrogen-bond acceptors (Lipinski definition) is 6. The van der Waals surface area contributed by atoms with Gasteiger partial charge in [0.05, 0.1) is 7.11 Å². The SMILES string of the molecule is CCc1ccc(-c2nc(C(=O)O[C@H](C)C(=O)Nc3ccc(OC)cc3)cs2)cc1. The number of carbonyl (C=O) groups excluding carboxylic acids is 2. The number of amides is 1. The first kappa shape index (κ1) is 20.5. The van der Waals surface area contributed by atoms with Crippen LogP contribution in [0.5, 0.6) is 5.75 Å². The second-order valence-corrected chi connectivity index (χ2v) is 7.21. The molecule has 1 atom stereocenters. The monoisotopic (exact) mass is 410 g/mol. The Balaban J connectivity index is 1.60. The molecule has 7 heteroatoms. The van der Waals surface area contributed by atoms with Crippen LogP contribution in [-0.2, 0) is 16.0 Å². The van der Waals surface area contributed by atoms with Crippen LogP contribution < -0.4 is 10.1 Å². The molecule has 1 heterocycles. The molecular formula is C22H22N2O4S. The van der Waals surface area contributed by atoms with Gasteiger partial charge in [-0.3, -0.25) is 4.79 Å². The molecule has 29 heavy (non-hydrogen) atoms. The molecule has 0 bridgehead atoms. The van der Waals surface area contributed by atoms with Crippen molar-refractivity contribution in [2.75, 3.05) is 12.4 Å². The Bertz CT molecular complexity index is 981. The van der Waals surface area contributed by atoms with Crippen LogP contribution >= 0.6 is 11.3 Å². The number of nitrogens with one attached hydrogen (secondary N) is 1. The number of rotatable bonds is 7. The summed E-state index contributed by atoms with van der Waals surface area (Å²) >= 11 is 1.36. The summed E-state index contributed by atoms with van der Waals surface area (Å²) < 4.78 is 10.4. The molecule has 0 radical (unpaired) electrons. The second-order valence-electron chi connectivity index (χ2n) is 6.35. The van der Waals surface area contributed by atoms with Crippen molar-refractivity contribution in [3.63, 3.8) is 0 Å². The predicted octanol–water partition coefficient (Wildman–Crippen LogP) is 4.57. The number of hydrogen-bond donors (Lipinski definition) is 1. The number of ether oxygens (including phenoxy) is 2. The third-order valence-corrected chi connectivity index (χ3v) is 5.22. The van der Waals surface area contributed by atoms with E-state index >= 15 is 0 Å². The van der Waals surface area contributed by atoms with E-state index in [4.69, 9.17) is 9.47 Å². The van der Waals surface area contributed by atoms with Crippen LogP contribution in [0.1, 0.15) is 29.9 Å². The summed E-state index contributed by atoms with van der Waals surface area (Å²) in [6.45, 7) is 3.62. The number of esters is 1. The first-order chi connectivity index (χ1) is 14.0. The van der Waals surface area contributed by atoms with Crippen LogP contribution in [0.15, 0.2) is 53.9 Å². The molecule has 0 saturated carbocycles. The lowest BCUT2D eigenvalue weighted by atomic mass is 10.1. The molecule has 0 fully saturated rings. The van der Waals surface area contributed by atoms with Crippen molar-refractivity contribution in [3.05, 3.63) is 65.2 Å². The normalized spacial score (nSPS) is 11.6. The molecule has 0 spiro atoms. The summed E-state index contributed by atoms with van der Waals surface area (Å²) in [5.74, 6) is -0.365. The van der Waals surface area contributed by atoms with E-state index < -0.39 is 18.0 Å². The van der Waals surface area contributed by atoms with E-state index in [1.54, 1.807) is 36.8 Å². The summed E-state index contributed by atoms with van der Waals surface area (Å²) in [6, 6.07) is 14.9. The van der Waals surface area contributed by atoms with E-state index in [0.717, 1.165) is 17.0 Å². The van der Waals surface area contributed by atoms with Gasteiger partial charge in [0.15, 0.2) is 11.8 Å². The molecule has 0 aliphatic heterocycles. The molecule has 6 nitrogen and oxygen atoms in total. The van der Waals surface area contributed by atoms with Crippen molar-refractivity contribution < 1.29 is 19.1 Å². The maximum Gasteiger partial charge on any atom is 0.358 e. The summed E-state index contributed by atoms with van der Waals surface area (Å²) in [6.07, 6.45) is 0.00485. The molecule has 3 rings (SSSR count). The van der Waals surface area contributed by atoms with Gasteiger partial charge < -0.3 is 14.8 Å². The fraction of sp³-hybridized carbons (Fsp3) is 0.227. The Kier molecular flexibility index (Phi) is 6.61. The molecule has 1 amide bonds. The molecule has 1 aromatic heterocycles. The van der Waals surface area contributed by atoms with Gasteiger partial charge in [0.25, 0.3) is 5.91 Å². The zero-order chi connectivity index (χ0) is 20.8. The lowest BCUT2D eigenvalue weighted by Crippen LogP contribution is -2.30. The fourth-order valence-electron chi connectivity index (χ4n) is 2.58. The second kappa shape index (κ2) is 9.34. The quantitative estimate of drug-likeness (QED) is 0.578. The van der Waals surface area contributed by atoms with E-state index in [0.29, 0.717) is 11.4 Å². The molecule has 1 N–H and O–H groups in total. The van der Waals surface area contributed by atoms with Crippen molar-refractivity contribution in [2.45, 2.75) is 26.4 Å². The number of anilines is 1. The first-order valence-electron chi connectivity index (χ1n) is 9.21. The molecular weight excluding hydrogens is 388 g/mol. The number of methoxy groups -OCH3 is 1. The van der Waals surface area contributed by atoms with E-state index in [1.807, 2.05) is 24.3 Å². The van der Waals surface area contributed by atoms with Crippen LogP contribution in [0, 0.1) is 0 Å². The number of aromatic nitrogens is 1. The highest BCUT2D eigenvalue weighted by Crippen LogP contribution is 2.25. The van der Waals surface area contributed by atoms with Crippen LogP contribution in [-0.4, -0.2) is 30.1 Å². The van der Waals surface area contributed by atoms with Crippen molar-refractivity contribution >= 4 is 28.9 Å². The summed E-state index contributed by atoms with van der Waals surface area (Å²) in [7, 11) is 1.57. The van der Waals surface area contributed by atoms with Gasteiger partial charge in [-0.05, 0) is 43.2 Å². The Hall–Kier alpha value is -3.19. The van der Waals surface area contributed by atoms with Gasteiger partial charge >= 0.3 is 5.97 Å². The molecule has 3 aromatic rings. The van der Waals surface area contributed by atoms with E-state index in [-0.39, 0.29) is 5.69 Å². The minimum Gasteiger partial charge on any atom is -0.497 e. The van der Waals surface area contributed by atoms with Gasteiger partial charge in [0.2, 0.25) is 0 Å². The predicted molar refractivity (Wildman–Crippen MR) is 113 cm³/mol. The average Bonchev–Trinajstić information content (AvgIpc) is 3.24. The smallest absolute Gasteiger partial charge is 0.358 e. The maximum atomic E-state index is 12.4. The van der Waals surface area contributed by atoms with Gasteiger partial charge in [-0.2, -0.15) is 0 Å². The zero-order valence-electron chi connectivity index (χ0n) is 16.5. The third-order valence-electron chi connectivity index (χ3n) is 4.33. The van der Waals surface area contributed by atoms with Crippen LogP contribution in [0.4, 0.5) is 5.69 Å². The zero-order valence-corrected chi connectivity index (χ0v) is 17.3. The van der Waals surface area contributed by atoms with Crippen LogP contribution in [0.3, 0.4) is 0 Å².